The van der Waals surface area contributed by atoms with Crippen LogP contribution >= 0.6 is 0 Å². The Kier molecular flexibility index (Phi) is 5.57. The SMILES string of the molecule is CNc1ncc(/C(C=NC2CCNCC2)=C/N)cc1OC. The van der Waals surface area contributed by atoms with Gasteiger partial charge in [0.1, 0.15) is 0 Å². The zero-order valence-corrected chi connectivity index (χ0v) is 12.6. The number of nitrogens with zero attached hydrogens (tertiary/aromatic N) is 2. The normalized spacial score (nSPS) is 17.1. The number of piperidine rings is 1. The molecule has 0 amide bonds. The first kappa shape index (κ1) is 15.3. The molecule has 0 atom stereocenters. The molecule has 6 nitrogen and oxygen atoms in total. The van der Waals surface area contributed by atoms with E-state index in [0.717, 1.165) is 37.1 Å². The van der Waals surface area contributed by atoms with Crippen LogP contribution in [0.25, 0.3) is 5.57 Å². The van der Waals surface area contributed by atoms with Crippen LogP contribution in [-0.4, -0.2) is 44.5 Å². The highest BCUT2D eigenvalue weighted by atomic mass is 16.5. The van der Waals surface area contributed by atoms with E-state index in [0.29, 0.717) is 17.6 Å². The predicted octanol–water partition coefficient (Wildman–Crippen LogP) is 1.25. The van der Waals surface area contributed by atoms with E-state index in [1.807, 2.05) is 19.3 Å². The average molecular weight is 289 g/mol. The molecule has 1 aliphatic rings. The van der Waals surface area contributed by atoms with Crippen molar-refractivity contribution in [3.05, 3.63) is 24.0 Å². The highest BCUT2D eigenvalue weighted by Gasteiger charge is 2.11. The Morgan fingerprint density at radius 2 is 2.29 bits per heavy atom. The molecule has 0 aromatic carbocycles. The van der Waals surface area contributed by atoms with Crippen molar-refractivity contribution < 1.29 is 4.74 Å². The van der Waals surface area contributed by atoms with Gasteiger partial charge >= 0.3 is 0 Å². The summed E-state index contributed by atoms with van der Waals surface area (Å²) in [6, 6.07) is 2.28. The molecular formula is C15H23N5O. The summed E-state index contributed by atoms with van der Waals surface area (Å²) in [4.78, 5) is 8.96. The Morgan fingerprint density at radius 3 is 2.90 bits per heavy atom. The molecule has 0 unspecified atom stereocenters. The van der Waals surface area contributed by atoms with E-state index >= 15 is 0 Å². The van der Waals surface area contributed by atoms with Crippen LogP contribution < -0.4 is 21.1 Å². The lowest BCUT2D eigenvalue weighted by Gasteiger charge is -2.18. The van der Waals surface area contributed by atoms with Crippen molar-refractivity contribution in [1.29, 1.82) is 0 Å². The van der Waals surface area contributed by atoms with Crippen molar-refractivity contribution in [1.82, 2.24) is 10.3 Å². The molecule has 21 heavy (non-hydrogen) atoms. The van der Waals surface area contributed by atoms with Gasteiger partial charge in [-0.15, -0.1) is 0 Å². The molecule has 1 fully saturated rings. The molecule has 0 radical (unpaired) electrons. The third-order valence-corrected chi connectivity index (χ3v) is 3.56. The van der Waals surface area contributed by atoms with Crippen LogP contribution in [-0.2, 0) is 0 Å². The summed E-state index contributed by atoms with van der Waals surface area (Å²) in [5.74, 6) is 1.39. The van der Waals surface area contributed by atoms with Gasteiger partial charge < -0.3 is 21.1 Å². The van der Waals surface area contributed by atoms with Gasteiger partial charge in [0.15, 0.2) is 11.6 Å². The number of pyridine rings is 1. The standard InChI is InChI=1S/C15H23N5O/c1-17-15-14(21-2)7-11(9-20-15)12(8-16)10-19-13-3-5-18-6-4-13/h7-10,13,18H,3-6,16H2,1-2H3,(H,17,20)/b12-8+,19-10?. The number of hydrogen-bond acceptors (Lipinski definition) is 6. The van der Waals surface area contributed by atoms with E-state index in [-0.39, 0.29) is 0 Å². The number of rotatable bonds is 5. The highest BCUT2D eigenvalue weighted by molar-refractivity contribution is 6.09. The van der Waals surface area contributed by atoms with Gasteiger partial charge in [-0.1, -0.05) is 0 Å². The molecule has 114 valence electrons. The number of allylic oxidation sites excluding steroid dienone is 1. The first-order chi connectivity index (χ1) is 10.3. The van der Waals surface area contributed by atoms with Crippen LogP contribution in [0.5, 0.6) is 5.75 Å². The zero-order valence-electron chi connectivity index (χ0n) is 12.6. The molecule has 0 aliphatic carbocycles. The van der Waals surface area contributed by atoms with E-state index in [9.17, 15) is 0 Å². The van der Waals surface area contributed by atoms with Crippen LogP contribution in [0.4, 0.5) is 5.82 Å². The number of methoxy groups -OCH3 is 1. The smallest absolute Gasteiger partial charge is 0.168 e. The molecule has 4 N–H and O–H groups in total. The Bertz CT molecular complexity index is 521. The summed E-state index contributed by atoms with van der Waals surface area (Å²) in [5, 5.41) is 6.32. The minimum atomic E-state index is 0.368. The fourth-order valence-corrected chi connectivity index (χ4v) is 2.30. The van der Waals surface area contributed by atoms with E-state index in [4.69, 9.17) is 10.5 Å². The summed E-state index contributed by atoms with van der Waals surface area (Å²) in [6.45, 7) is 2.05. The minimum absolute atomic E-state index is 0.368. The maximum atomic E-state index is 5.73. The summed E-state index contributed by atoms with van der Waals surface area (Å²) in [7, 11) is 3.43. The number of hydrogen-bond donors (Lipinski definition) is 3. The average Bonchev–Trinajstić information content (AvgIpc) is 2.56. The fourth-order valence-electron chi connectivity index (χ4n) is 2.30. The fraction of sp³-hybridized carbons (Fsp3) is 0.467. The lowest BCUT2D eigenvalue weighted by molar-refractivity contribution is 0.415. The van der Waals surface area contributed by atoms with E-state index in [1.54, 1.807) is 19.5 Å². The topological polar surface area (TPSA) is 84.6 Å². The molecule has 1 aromatic heterocycles. The van der Waals surface area contributed by atoms with E-state index in [2.05, 4.69) is 20.6 Å². The molecule has 2 heterocycles. The summed E-state index contributed by atoms with van der Waals surface area (Å²) in [6.07, 6.45) is 7.29. The van der Waals surface area contributed by atoms with Crippen molar-refractivity contribution in [2.24, 2.45) is 10.7 Å². The molecule has 0 bridgehead atoms. The second-order valence-corrected chi connectivity index (χ2v) is 4.91. The molecule has 1 aromatic rings. The van der Waals surface area contributed by atoms with Crippen LogP contribution in [0.3, 0.4) is 0 Å². The van der Waals surface area contributed by atoms with Gasteiger partial charge in [0, 0.05) is 36.8 Å². The first-order valence-electron chi connectivity index (χ1n) is 7.16. The molecule has 1 saturated heterocycles. The number of ether oxygens (including phenoxy) is 1. The van der Waals surface area contributed by atoms with Gasteiger partial charge in [-0.05, 0) is 32.0 Å². The maximum absolute atomic E-state index is 5.73. The van der Waals surface area contributed by atoms with Crippen molar-refractivity contribution in [3.8, 4) is 5.75 Å². The summed E-state index contributed by atoms with van der Waals surface area (Å²) in [5.41, 5.74) is 7.48. The van der Waals surface area contributed by atoms with Gasteiger partial charge in [-0.25, -0.2) is 4.98 Å². The Labute approximate surface area is 125 Å². The molecule has 2 rings (SSSR count). The van der Waals surface area contributed by atoms with Crippen LogP contribution in [0, 0.1) is 0 Å². The van der Waals surface area contributed by atoms with Crippen LogP contribution in [0.15, 0.2) is 23.5 Å². The van der Waals surface area contributed by atoms with Crippen molar-refractivity contribution in [2.75, 3.05) is 32.6 Å². The van der Waals surface area contributed by atoms with Gasteiger partial charge in [-0.2, -0.15) is 0 Å². The molecule has 0 saturated carbocycles. The minimum Gasteiger partial charge on any atom is -0.493 e. The zero-order chi connectivity index (χ0) is 15.1. The number of aromatic nitrogens is 1. The molecule has 1 aliphatic heterocycles. The largest absolute Gasteiger partial charge is 0.493 e. The monoisotopic (exact) mass is 289 g/mol. The number of nitrogens with two attached hydrogens (primary N) is 1. The van der Waals surface area contributed by atoms with Gasteiger partial charge in [0.05, 0.1) is 13.2 Å². The summed E-state index contributed by atoms with van der Waals surface area (Å²) >= 11 is 0. The predicted molar refractivity (Wildman–Crippen MR) is 86.9 cm³/mol. The van der Waals surface area contributed by atoms with E-state index in [1.165, 1.54) is 0 Å². The lowest BCUT2D eigenvalue weighted by atomic mass is 10.1. The Balaban J connectivity index is 2.15. The quantitative estimate of drug-likeness (QED) is 0.711. The van der Waals surface area contributed by atoms with E-state index < -0.39 is 0 Å². The Morgan fingerprint density at radius 1 is 1.52 bits per heavy atom. The van der Waals surface area contributed by atoms with Gasteiger partial charge in [0.2, 0.25) is 0 Å². The number of aliphatic imine (C=N–C) groups is 1. The number of nitrogens with one attached hydrogen (secondary N) is 2. The lowest BCUT2D eigenvalue weighted by Crippen LogP contribution is -2.29. The molecule has 0 spiro atoms. The third kappa shape index (κ3) is 3.95. The second kappa shape index (κ2) is 7.64. The molecular weight excluding hydrogens is 266 g/mol. The maximum Gasteiger partial charge on any atom is 0.168 e. The molecule has 6 heteroatoms. The summed E-state index contributed by atoms with van der Waals surface area (Å²) < 4.78 is 5.32. The van der Waals surface area contributed by atoms with Crippen molar-refractivity contribution in [3.63, 3.8) is 0 Å². The van der Waals surface area contributed by atoms with Crippen LogP contribution in [0.1, 0.15) is 18.4 Å². The number of anilines is 1. The van der Waals surface area contributed by atoms with Crippen LogP contribution in [0.2, 0.25) is 0 Å². The van der Waals surface area contributed by atoms with Crippen molar-refractivity contribution >= 4 is 17.6 Å². The van der Waals surface area contributed by atoms with Crippen molar-refractivity contribution in [2.45, 2.75) is 18.9 Å². The van der Waals surface area contributed by atoms with Gasteiger partial charge in [-0.3, -0.25) is 4.99 Å². The third-order valence-electron chi connectivity index (χ3n) is 3.56. The first-order valence-corrected chi connectivity index (χ1v) is 7.16. The van der Waals surface area contributed by atoms with Gasteiger partial charge in [0.25, 0.3) is 0 Å². The second-order valence-electron chi connectivity index (χ2n) is 4.91. The highest BCUT2D eigenvalue weighted by Crippen LogP contribution is 2.25. The Hall–Kier alpha value is -2.08.